The molecule has 0 saturated carbocycles. The minimum Gasteiger partial charge on any atom is -0.409 e. The van der Waals surface area contributed by atoms with E-state index in [0.29, 0.717) is 5.84 Å². The van der Waals surface area contributed by atoms with Crippen LogP contribution in [0.4, 0.5) is 0 Å². The summed E-state index contributed by atoms with van der Waals surface area (Å²) in [5.41, 5.74) is 5.44. The van der Waals surface area contributed by atoms with Crippen molar-refractivity contribution in [2.75, 3.05) is 0 Å². The molecule has 0 aromatic carbocycles. The molecule has 0 spiro atoms. The van der Waals surface area contributed by atoms with Gasteiger partial charge < -0.3 is 10.9 Å². The molecule has 0 bridgehead atoms. The average molecular weight is 530 g/mol. The second kappa shape index (κ2) is 64.2. The van der Waals surface area contributed by atoms with E-state index in [9.17, 15) is 0 Å². The van der Waals surface area contributed by atoms with Gasteiger partial charge >= 0.3 is 0 Å². The highest BCUT2D eigenvalue weighted by molar-refractivity contribution is 5.81. The number of unbranched alkanes of at least 4 members (excludes halogenated alkanes) is 1. The highest BCUT2D eigenvalue weighted by Gasteiger charge is 2.08. The van der Waals surface area contributed by atoms with Gasteiger partial charge in [0.25, 0.3) is 0 Å². The maximum atomic E-state index is 8.47. The number of amidine groups is 1. The van der Waals surface area contributed by atoms with Crippen LogP contribution in [0.2, 0.25) is 0 Å². The molecular weight excluding hydrogens is 442 g/mol. The molecule has 0 heterocycles. The number of oxime groups is 1. The maximum Gasteiger partial charge on any atom is 0.141 e. The molecule has 0 aliphatic rings. The zero-order chi connectivity index (χ0) is 21.0. The first kappa shape index (κ1) is 83.7. The van der Waals surface area contributed by atoms with Crippen molar-refractivity contribution in [2.24, 2.45) is 34.6 Å². The zero-order valence-corrected chi connectivity index (χ0v) is 18.9. The van der Waals surface area contributed by atoms with E-state index in [2.05, 4.69) is 52.8 Å². The molecule has 3 N–H and O–H groups in total. The number of hydrogen-bond acceptors (Lipinski definition) is 3. The molecule has 0 aromatic heterocycles. The SMILES string of the molecule is C.C.C.C.C.C.C.C.C.C.CCC(C)CCC(C)/C(N)=N/O.CCC(C)CCC(C)C#N.CCCC. The van der Waals surface area contributed by atoms with E-state index in [-0.39, 0.29) is 86.1 Å². The van der Waals surface area contributed by atoms with Crippen molar-refractivity contribution < 1.29 is 5.21 Å². The molecule has 4 atom stereocenters. The van der Waals surface area contributed by atoms with E-state index in [1.807, 2.05) is 13.8 Å². The summed E-state index contributed by atoms with van der Waals surface area (Å²) in [6.45, 7) is 17.2. The molecule has 0 fully saturated rings. The van der Waals surface area contributed by atoms with Crippen molar-refractivity contribution in [1.29, 1.82) is 5.26 Å². The van der Waals surface area contributed by atoms with E-state index in [1.165, 1.54) is 32.1 Å². The molecule has 0 amide bonds. The maximum absolute atomic E-state index is 8.47. The van der Waals surface area contributed by atoms with Crippen molar-refractivity contribution in [3.05, 3.63) is 0 Å². The van der Waals surface area contributed by atoms with E-state index >= 15 is 0 Å². The summed E-state index contributed by atoms with van der Waals surface area (Å²) < 4.78 is 0. The van der Waals surface area contributed by atoms with Gasteiger partial charge in [0.05, 0.1) is 6.07 Å². The van der Waals surface area contributed by atoms with Gasteiger partial charge in [0.2, 0.25) is 0 Å². The fraction of sp³-hybridized carbons (Fsp3) is 0.938. The van der Waals surface area contributed by atoms with Gasteiger partial charge in [0.1, 0.15) is 5.84 Å². The van der Waals surface area contributed by atoms with Crippen LogP contribution in [0, 0.1) is 35.0 Å². The molecule has 236 valence electrons. The van der Waals surface area contributed by atoms with Crippen molar-refractivity contribution >= 4 is 5.84 Å². The molecule has 0 aromatic rings. The van der Waals surface area contributed by atoms with Gasteiger partial charge in [-0.1, -0.05) is 160 Å². The predicted octanol–water partition coefficient (Wildman–Crippen LogP) is 13.3. The average Bonchev–Trinajstić information content (AvgIpc) is 2.69. The van der Waals surface area contributed by atoms with E-state index in [4.69, 9.17) is 16.2 Å². The highest BCUT2D eigenvalue weighted by Crippen LogP contribution is 2.15. The Kier molecular flexibility index (Phi) is 149. The second-order valence-electron chi connectivity index (χ2n) is 7.64. The second-order valence-corrected chi connectivity index (χ2v) is 7.64. The van der Waals surface area contributed by atoms with Crippen LogP contribution in [0.1, 0.15) is 181 Å². The van der Waals surface area contributed by atoms with Crippen molar-refractivity contribution in [1.82, 2.24) is 0 Å². The molecule has 0 aliphatic heterocycles. The quantitative estimate of drug-likeness (QED) is 0.128. The first-order chi connectivity index (χ1) is 12.2. The molecule has 4 heteroatoms. The Hall–Kier alpha value is -1.24. The number of nitrogens with two attached hydrogens (primary N) is 1. The van der Waals surface area contributed by atoms with Crippen LogP contribution in [0.15, 0.2) is 5.16 Å². The summed E-state index contributed by atoms with van der Waals surface area (Å²) in [6.07, 6.45) is 9.48. The minimum atomic E-state index is 0. The topological polar surface area (TPSA) is 82.4 Å². The van der Waals surface area contributed by atoms with Gasteiger partial charge in [0.15, 0.2) is 0 Å². The zero-order valence-electron chi connectivity index (χ0n) is 18.9. The number of nitriles is 1. The summed E-state index contributed by atoms with van der Waals surface area (Å²) >= 11 is 0. The van der Waals surface area contributed by atoms with Gasteiger partial charge in [-0.3, -0.25) is 0 Å². The van der Waals surface area contributed by atoms with Crippen LogP contribution in [-0.4, -0.2) is 11.0 Å². The van der Waals surface area contributed by atoms with Crippen LogP contribution in [0.5, 0.6) is 0 Å². The van der Waals surface area contributed by atoms with Crippen molar-refractivity contribution in [2.45, 2.75) is 181 Å². The molecule has 0 saturated heterocycles. The van der Waals surface area contributed by atoms with Crippen LogP contribution >= 0.6 is 0 Å². The highest BCUT2D eigenvalue weighted by atomic mass is 16.4. The first-order valence-electron chi connectivity index (χ1n) is 10.6. The lowest BCUT2D eigenvalue weighted by Crippen LogP contribution is -2.21. The molecule has 0 radical (unpaired) electrons. The lowest BCUT2D eigenvalue weighted by atomic mass is 9.96. The third-order valence-corrected chi connectivity index (χ3v) is 4.92. The summed E-state index contributed by atoms with van der Waals surface area (Å²) in [4.78, 5) is 0. The number of nitrogens with zero attached hydrogens (tertiary/aromatic N) is 2. The standard InChI is InChI=1S/C9H20N2O.C9H17N.C4H10.10CH4/c1-4-7(2)5-6-8(3)9(10)11-12;1-4-8(2)5-6-9(3)7-10;1-3-4-2;;;;;;;;;;/h7-8,12H,4-6H2,1-3H3,(H2,10,11);8-9H,4-6H2,1-3H3;3-4H2,1-2H3;10*1H4. The predicted molar refractivity (Wildman–Crippen MR) is 183 cm³/mol. The molecule has 0 rings (SSSR count). The van der Waals surface area contributed by atoms with Crippen molar-refractivity contribution in [3.8, 4) is 6.07 Å². The largest absolute Gasteiger partial charge is 0.409 e. The Labute approximate surface area is 237 Å². The summed E-state index contributed by atoms with van der Waals surface area (Å²) in [5.74, 6) is 2.31. The fourth-order valence-corrected chi connectivity index (χ4v) is 1.79. The van der Waals surface area contributed by atoms with Crippen LogP contribution in [0.3, 0.4) is 0 Å². The minimum absolute atomic E-state index is 0. The van der Waals surface area contributed by atoms with Crippen molar-refractivity contribution in [3.63, 3.8) is 0 Å². The Balaban J connectivity index is -0.0000000188. The van der Waals surface area contributed by atoms with Crippen LogP contribution < -0.4 is 5.73 Å². The molecule has 4 unspecified atom stereocenters. The molecular formula is C32H87N3O. The summed E-state index contributed by atoms with van der Waals surface area (Å²) in [7, 11) is 0. The van der Waals surface area contributed by atoms with Gasteiger partial charge in [0, 0.05) is 11.8 Å². The van der Waals surface area contributed by atoms with Gasteiger partial charge in [-0.2, -0.15) is 5.26 Å². The van der Waals surface area contributed by atoms with Crippen LogP contribution in [-0.2, 0) is 0 Å². The Morgan fingerprint density at radius 2 is 0.972 bits per heavy atom. The van der Waals surface area contributed by atoms with Gasteiger partial charge in [-0.15, -0.1) is 0 Å². The summed E-state index contributed by atoms with van der Waals surface area (Å²) in [5, 5.41) is 19.8. The van der Waals surface area contributed by atoms with E-state index in [1.54, 1.807) is 0 Å². The lowest BCUT2D eigenvalue weighted by molar-refractivity contribution is 0.313. The lowest BCUT2D eigenvalue weighted by Gasteiger charge is -2.12. The summed E-state index contributed by atoms with van der Waals surface area (Å²) in [6, 6.07) is 2.24. The molecule has 0 aliphatic carbocycles. The smallest absolute Gasteiger partial charge is 0.141 e. The fourth-order valence-electron chi connectivity index (χ4n) is 1.79. The normalized spacial score (nSPS) is 11.0. The Morgan fingerprint density at radius 3 is 1.19 bits per heavy atom. The molecule has 36 heavy (non-hydrogen) atoms. The number of hydrogen-bond donors (Lipinski definition) is 2. The van der Waals surface area contributed by atoms with Crippen LogP contribution in [0.25, 0.3) is 0 Å². The third kappa shape index (κ3) is 69.8. The monoisotopic (exact) mass is 530 g/mol. The van der Waals surface area contributed by atoms with Gasteiger partial charge in [-0.05, 0) is 38.0 Å². The van der Waals surface area contributed by atoms with E-state index in [0.717, 1.165) is 31.1 Å². The third-order valence-electron chi connectivity index (χ3n) is 4.92. The Bertz CT molecular complexity index is 350. The van der Waals surface area contributed by atoms with E-state index < -0.39 is 0 Å². The molecule has 4 nitrogen and oxygen atoms in total. The first-order valence-corrected chi connectivity index (χ1v) is 10.6. The van der Waals surface area contributed by atoms with Gasteiger partial charge in [-0.25, -0.2) is 0 Å². The number of rotatable bonds is 10. The Morgan fingerprint density at radius 1 is 0.667 bits per heavy atom.